The number of rotatable bonds is 5. The van der Waals surface area contributed by atoms with E-state index in [1.807, 2.05) is 24.3 Å². The highest BCUT2D eigenvalue weighted by Crippen LogP contribution is 2.26. The van der Waals surface area contributed by atoms with Gasteiger partial charge in [0, 0.05) is 4.92 Å². The van der Waals surface area contributed by atoms with Crippen LogP contribution in [0.3, 0.4) is 0 Å². The minimum atomic E-state index is -0.397. The summed E-state index contributed by atoms with van der Waals surface area (Å²) in [5.41, 5.74) is 1.05. The Morgan fingerprint density at radius 3 is 2.45 bits per heavy atom. The van der Waals surface area contributed by atoms with E-state index in [0.717, 1.165) is 16.3 Å². The number of fused-ring (bicyclic) bond motifs is 2. The molecule has 0 N–H and O–H groups in total. The molecule has 112 valence electrons. The van der Waals surface area contributed by atoms with E-state index in [0.29, 0.717) is 6.61 Å². The maximum absolute atomic E-state index is 10.5. The number of hydrogen-bond acceptors (Lipinski definition) is 3. The first-order chi connectivity index (χ1) is 10.6. The second kappa shape index (κ2) is 6.12. The second-order valence-corrected chi connectivity index (χ2v) is 5.47. The van der Waals surface area contributed by atoms with Crippen LogP contribution in [0, 0.1) is 10.1 Å². The number of nitrogens with zero attached hydrogens (tertiary/aromatic N) is 1. The molecular formula is C18H17NO3. The van der Waals surface area contributed by atoms with Crippen molar-refractivity contribution in [1.29, 1.82) is 0 Å². The van der Waals surface area contributed by atoms with Crippen molar-refractivity contribution in [2.75, 3.05) is 6.54 Å². The highest BCUT2D eigenvalue weighted by molar-refractivity contribution is 5.99. The van der Waals surface area contributed by atoms with Crippen molar-refractivity contribution in [1.82, 2.24) is 0 Å². The molecule has 22 heavy (non-hydrogen) atoms. The minimum Gasteiger partial charge on any atom is -0.367 e. The lowest BCUT2D eigenvalue weighted by Crippen LogP contribution is -2.19. The molecule has 1 unspecified atom stereocenters. The average molecular weight is 295 g/mol. The summed E-state index contributed by atoms with van der Waals surface area (Å²) < 4.78 is 5.62. The van der Waals surface area contributed by atoms with Crippen molar-refractivity contribution >= 4 is 21.5 Å². The lowest BCUT2D eigenvalue weighted by molar-refractivity contribution is -0.491. The van der Waals surface area contributed by atoms with Gasteiger partial charge in [0.2, 0.25) is 6.54 Å². The fourth-order valence-corrected chi connectivity index (χ4v) is 2.65. The summed E-state index contributed by atoms with van der Waals surface area (Å²) in [4.78, 5) is 10.2. The first-order valence-corrected chi connectivity index (χ1v) is 7.27. The fourth-order valence-electron chi connectivity index (χ4n) is 2.65. The Morgan fingerprint density at radius 1 is 1.05 bits per heavy atom. The van der Waals surface area contributed by atoms with E-state index in [2.05, 4.69) is 30.3 Å². The third-order valence-corrected chi connectivity index (χ3v) is 3.77. The van der Waals surface area contributed by atoms with Gasteiger partial charge >= 0.3 is 0 Å². The highest BCUT2D eigenvalue weighted by Gasteiger charge is 2.11. The lowest BCUT2D eigenvalue weighted by atomic mass is 10.00. The molecule has 1 atom stereocenters. The molecule has 0 fully saturated rings. The van der Waals surface area contributed by atoms with E-state index < -0.39 is 6.10 Å². The van der Waals surface area contributed by atoms with Gasteiger partial charge in [-0.15, -0.1) is 0 Å². The standard InChI is InChI=1S/C18H17NO3/c1-13(11-19(20)21)22-12-17-8-4-7-16-9-14-5-2-3-6-15(14)10-18(16)17/h2-10,13H,11-12H2,1H3. The highest BCUT2D eigenvalue weighted by atomic mass is 16.6. The van der Waals surface area contributed by atoms with Crippen molar-refractivity contribution in [2.24, 2.45) is 0 Å². The molecule has 0 aliphatic heterocycles. The molecule has 0 bridgehead atoms. The zero-order valence-electron chi connectivity index (χ0n) is 12.4. The predicted octanol–water partition coefficient (Wildman–Crippen LogP) is 4.17. The van der Waals surface area contributed by atoms with E-state index in [1.54, 1.807) is 6.92 Å². The van der Waals surface area contributed by atoms with Crippen LogP contribution in [0.15, 0.2) is 54.6 Å². The molecule has 0 heterocycles. The third kappa shape index (κ3) is 3.07. The smallest absolute Gasteiger partial charge is 0.229 e. The van der Waals surface area contributed by atoms with E-state index in [1.165, 1.54) is 10.8 Å². The Labute approximate surface area is 128 Å². The first kappa shape index (κ1) is 14.5. The molecule has 3 aromatic carbocycles. The fraction of sp³-hybridized carbons (Fsp3) is 0.222. The van der Waals surface area contributed by atoms with Crippen LogP contribution in [-0.2, 0) is 11.3 Å². The zero-order chi connectivity index (χ0) is 15.5. The molecule has 0 aliphatic carbocycles. The Balaban J connectivity index is 1.92. The van der Waals surface area contributed by atoms with Crippen LogP contribution in [0.5, 0.6) is 0 Å². The van der Waals surface area contributed by atoms with Gasteiger partial charge in [0.15, 0.2) is 0 Å². The van der Waals surface area contributed by atoms with Crippen molar-refractivity contribution in [3.8, 4) is 0 Å². The summed E-state index contributed by atoms with van der Waals surface area (Å²) in [5, 5.41) is 15.2. The largest absolute Gasteiger partial charge is 0.367 e. The van der Waals surface area contributed by atoms with Crippen LogP contribution < -0.4 is 0 Å². The Kier molecular flexibility index (Phi) is 4.02. The maximum Gasteiger partial charge on any atom is 0.229 e. The topological polar surface area (TPSA) is 52.4 Å². The van der Waals surface area contributed by atoms with E-state index in [-0.39, 0.29) is 11.5 Å². The van der Waals surface area contributed by atoms with Crippen LogP contribution in [0.4, 0.5) is 0 Å². The number of nitro groups is 1. The minimum absolute atomic E-state index is 0.173. The van der Waals surface area contributed by atoms with Crippen LogP contribution >= 0.6 is 0 Å². The third-order valence-electron chi connectivity index (χ3n) is 3.77. The molecule has 4 nitrogen and oxygen atoms in total. The maximum atomic E-state index is 10.5. The summed E-state index contributed by atoms with van der Waals surface area (Å²) in [6.07, 6.45) is -0.397. The van der Waals surface area contributed by atoms with Gasteiger partial charge in [0.1, 0.15) is 6.10 Å². The molecule has 0 radical (unpaired) electrons. The van der Waals surface area contributed by atoms with Gasteiger partial charge in [-0.05, 0) is 46.2 Å². The number of hydrogen-bond donors (Lipinski definition) is 0. The molecule has 0 spiro atoms. The normalized spacial score (nSPS) is 12.6. The molecule has 3 rings (SSSR count). The summed E-state index contributed by atoms with van der Waals surface area (Å²) in [7, 11) is 0. The van der Waals surface area contributed by atoms with E-state index in [9.17, 15) is 10.1 Å². The molecule has 0 saturated heterocycles. The van der Waals surface area contributed by atoms with Gasteiger partial charge in [-0.25, -0.2) is 0 Å². The summed E-state index contributed by atoms with van der Waals surface area (Å²) in [6.45, 7) is 1.93. The van der Waals surface area contributed by atoms with Gasteiger partial charge in [-0.3, -0.25) is 10.1 Å². The van der Waals surface area contributed by atoms with Crippen molar-refractivity contribution < 1.29 is 9.66 Å². The number of benzene rings is 3. The molecule has 0 saturated carbocycles. The van der Waals surface area contributed by atoms with Gasteiger partial charge in [0.25, 0.3) is 0 Å². The summed E-state index contributed by atoms with van der Waals surface area (Å²) in [5.74, 6) is 0. The van der Waals surface area contributed by atoms with Crippen LogP contribution in [0.1, 0.15) is 12.5 Å². The van der Waals surface area contributed by atoms with Gasteiger partial charge in [-0.2, -0.15) is 0 Å². The van der Waals surface area contributed by atoms with E-state index >= 15 is 0 Å². The average Bonchev–Trinajstić information content (AvgIpc) is 2.50. The number of ether oxygens (including phenoxy) is 1. The van der Waals surface area contributed by atoms with Gasteiger partial charge in [0.05, 0.1) is 6.61 Å². The van der Waals surface area contributed by atoms with Crippen molar-refractivity contribution in [3.05, 3.63) is 70.3 Å². The van der Waals surface area contributed by atoms with Crippen LogP contribution in [-0.4, -0.2) is 17.6 Å². The first-order valence-electron chi connectivity index (χ1n) is 7.27. The van der Waals surface area contributed by atoms with Gasteiger partial charge < -0.3 is 4.74 Å². The Morgan fingerprint density at radius 2 is 1.73 bits per heavy atom. The molecule has 4 heteroatoms. The van der Waals surface area contributed by atoms with Crippen LogP contribution in [0.25, 0.3) is 21.5 Å². The molecule has 0 amide bonds. The Bertz CT molecular complexity index is 829. The summed E-state index contributed by atoms with van der Waals surface area (Å²) in [6, 6.07) is 18.6. The summed E-state index contributed by atoms with van der Waals surface area (Å²) >= 11 is 0. The van der Waals surface area contributed by atoms with Crippen molar-refractivity contribution in [3.63, 3.8) is 0 Å². The SMILES string of the molecule is CC(C[N+](=O)[O-])OCc1cccc2cc3ccccc3cc12. The van der Waals surface area contributed by atoms with E-state index in [4.69, 9.17) is 4.74 Å². The van der Waals surface area contributed by atoms with Gasteiger partial charge in [-0.1, -0.05) is 42.5 Å². The zero-order valence-corrected chi connectivity index (χ0v) is 12.4. The monoisotopic (exact) mass is 295 g/mol. The second-order valence-electron chi connectivity index (χ2n) is 5.47. The quantitative estimate of drug-likeness (QED) is 0.403. The molecule has 3 aromatic rings. The molecule has 0 aromatic heterocycles. The predicted molar refractivity (Wildman–Crippen MR) is 87.6 cm³/mol. The molecular weight excluding hydrogens is 278 g/mol. The molecule has 0 aliphatic rings. The lowest BCUT2D eigenvalue weighted by Gasteiger charge is -2.12. The van der Waals surface area contributed by atoms with Crippen LogP contribution in [0.2, 0.25) is 0 Å². The van der Waals surface area contributed by atoms with Crippen molar-refractivity contribution in [2.45, 2.75) is 19.6 Å². The Hall–Kier alpha value is -2.46.